The minimum atomic E-state index is -0.990. The number of aromatic nitrogens is 4. The maximum atomic E-state index is 13.3. The Bertz CT molecular complexity index is 603. The van der Waals surface area contributed by atoms with Crippen LogP contribution in [0.1, 0.15) is 20.1 Å². The van der Waals surface area contributed by atoms with Gasteiger partial charge in [-0.15, -0.1) is 0 Å². The molecule has 0 unspecified atom stereocenters. The summed E-state index contributed by atoms with van der Waals surface area (Å²) in [7, 11) is 0. The summed E-state index contributed by atoms with van der Waals surface area (Å²) < 4.78 is 20.1. The minimum Gasteiger partial charge on any atom is -0.394 e. The molecule has 0 spiro atoms. The van der Waals surface area contributed by atoms with Crippen LogP contribution in [0.2, 0.25) is 0 Å². The highest BCUT2D eigenvalue weighted by Crippen LogP contribution is 2.23. The van der Waals surface area contributed by atoms with Crippen molar-refractivity contribution in [3.63, 3.8) is 0 Å². The van der Waals surface area contributed by atoms with Crippen LogP contribution in [-0.2, 0) is 4.74 Å². The van der Waals surface area contributed by atoms with Crippen molar-refractivity contribution in [3.8, 4) is 0 Å². The molecule has 0 aromatic carbocycles. The van der Waals surface area contributed by atoms with Crippen molar-refractivity contribution in [2.75, 3.05) is 12.3 Å². The van der Waals surface area contributed by atoms with Gasteiger partial charge in [0.25, 0.3) is 0 Å². The van der Waals surface area contributed by atoms with E-state index in [9.17, 15) is 9.50 Å². The van der Waals surface area contributed by atoms with Gasteiger partial charge in [0.1, 0.15) is 0 Å². The molecule has 0 saturated carbocycles. The summed E-state index contributed by atoms with van der Waals surface area (Å²) in [4.78, 5) is 11.0. The van der Waals surface area contributed by atoms with Gasteiger partial charge in [0.15, 0.2) is 23.2 Å². The zero-order valence-corrected chi connectivity index (χ0v) is 11.1. The average Bonchev–Trinajstić information content (AvgIpc) is 2.79. The summed E-state index contributed by atoms with van der Waals surface area (Å²) >= 11 is 0. The number of aliphatic hydroxyl groups excluding tert-OH is 2. The number of imidazole rings is 1. The lowest BCUT2D eigenvalue weighted by molar-refractivity contribution is -0.116. The summed E-state index contributed by atoms with van der Waals surface area (Å²) in [6, 6.07) is 0. The number of anilines is 1. The third kappa shape index (κ3) is 2.69. The second-order valence-corrected chi connectivity index (χ2v) is 4.46. The van der Waals surface area contributed by atoms with Crippen LogP contribution in [0.4, 0.5) is 10.2 Å². The van der Waals surface area contributed by atoms with Gasteiger partial charge in [-0.1, -0.05) is 0 Å². The molecule has 0 radical (unpaired) electrons. The lowest BCUT2D eigenvalue weighted by Crippen LogP contribution is -2.29. The van der Waals surface area contributed by atoms with Gasteiger partial charge >= 0.3 is 6.08 Å². The molecule has 0 aliphatic carbocycles. The normalized spacial score (nSPS) is 16.2. The van der Waals surface area contributed by atoms with Crippen molar-refractivity contribution in [1.82, 2.24) is 19.5 Å². The number of hydrogen-bond donors (Lipinski definition) is 3. The van der Waals surface area contributed by atoms with E-state index in [4.69, 9.17) is 15.6 Å². The van der Waals surface area contributed by atoms with Gasteiger partial charge in [0, 0.05) is 0 Å². The maximum absolute atomic E-state index is 13.3. The molecule has 110 valence electrons. The Morgan fingerprint density at radius 3 is 2.75 bits per heavy atom. The second kappa shape index (κ2) is 5.65. The largest absolute Gasteiger partial charge is 0.394 e. The van der Waals surface area contributed by atoms with Crippen LogP contribution in [0, 0.1) is 6.08 Å². The minimum absolute atomic E-state index is 0.0919. The van der Waals surface area contributed by atoms with Crippen molar-refractivity contribution in [2.24, 2.45) is 0 Å². The summed E-state index contributed by atoms with van der Waals surface area (Å²) in [6.07, 6.45) is -1.99. The van der Waals surface area contributed by atoms with Gasteiger partial charge in [-0.3, -0.25) is 4.57 Å². The van der Waals surface area contributed by atoms with E-state index in [0.717, 1.165) is 0 Å². The van der Waals surface area contributed by atoms with E-state index in [1.54, 1.807) is 6.92 Å². The summed E-state index contributed by atoms with van der Waals surface area (Å²) in [6.45, 7) is 2.92. The average molecular weight is 285 g/mol. The van der Waals surface area contributed by atoms with E-state index in [-0.39, 0.29) is 23.6 Å². The Hall–Kier alpha value is -1.84. The number of halogens is 1. The number of nitrogens with zero attached hydrogens (tertiary/aromatic N) is 4. The molecular weight excluding hydrogens is 269 g/mol. The molecule has 0 bridgehead atoms. The van der Waals surface area contributed by atoms with Gasteiger partial charge in [-0.25, -0.2) is 4.98 Å². The summed E-state index contributed by atoms with van der Waals surface area (Å²) in [5, 5.41) is 18.8. The van der Waals surface area contributed by atoms with Crippen LogP contribution < -0.4 is 5.73 Å². The van der Waals surface area contributed by atoms with Crippen LogP contribution in [0.25, 0.3) is 11.2 Å². The molecule has 4 N–H and O–H groups in total. The molecule has 9 heteroatoms. The van der Waals surface area contributed by atoms with Crippen molar-refractivity contribution in [1.29, 1.82) is 0 Å². The number of nitrogen functional groups attached to an aromatic ring is 1. The molecule has 2 heterocycles. The summed E-state index contributed by atoms with van der Waals surface area (Å²) in [5.41, 5.74) is 5.90. The monoisotopic (exact) mass is 285 g/mol. The fourth-order valence-corrected chi connectivity index (χ4v) is 1.79. The Morgan fingerprint density at radius 2 is 2.15 bits per heavy atom. The Balaban J connectivity index is 2.48. The topological polar surface area (TPSA) is 119 Å². The first-order valence-electron chi connectivity index (χ1n) is 6.04. The van der Waals surface area contributed by atoms with Crippen LogP contribution >= 0.6 is 0 Å². The predicted molar refractivity (Wildman–Crippen MR) is 68.0 cm³/mol. The van der Waals surface area contributed by atoms with Crippen molar-refractivity contribution < 1.29 is 19.3 Å². The van der Waals surface area contributed by atoms with E-state index in [1.807, 2.05) is 0 Å². The van der Waals surface area contributed by atoms with Gasteiger partial charge in [-0.05, 0) is 13.8 Å². The Labute approximate surface area is 114 Å². The molecular formula is C11H16FN5O3. The number of ether oxygens (including phenoxy) is 1. The van der Waals surface area contributed by atoms with E-state index in [2.05, 4.69) is 15.0 Å². The second-order valence-electron chi connectivity index (χ2n) is 4.46. The fraction of sp³-hybridized carbons (Fsp3) is 0.545. The molecule has 3 atom stereocenters. The quantitative estimate of drug-likeness (QED) is 0.652. The molecule has 0 aliphatic rings. The number of aliphatic hydroxyl groups is 2. The van der Waals surface area contributed by atoms with Crippen molar-refractivity contribution in [2.45, 2.75) is 32.3 Å². The lowest BCUT2D eigenvalue weighted by Gasteiger charge is -2.25. The first kappa shape index (κ1) is 14.6. The molecule has 0 fully saturated rings. The highest BCUT2D eigenvalue weighted by atomic mass is 19.1. The van der Waals surface area contributed by atoms with E-state index >= 15 is 0 Å². The molecule has 0 amide bonds. The first-order valence-corrected chi connectivity index (χ1v) is 6.04. The van der Waals surface area contributed by atoms with Crippen molar-refractivity contribution in [3.05, 3.63) is 12.4 Å². The van der Waals surface area contributed by atoms with Crippen LogP contribution in [0.5, 0.6) is 0 Å². The summed E-state index contributed by atoms with van der Waals surface area (Å²) in [5.74, 6) is -0.0919. The van der Waals surface area contributed by atoms with Gasteiger partial charge in [0.2, 0.25) is 0 Å². The third-order valence-corrected chi connectivity index (χ3v) is 2.74. The first-order chi connectivity index (χ1) is 9.43. The molecule has 20 heavy (non-hydrogen) atoms. The Morgan fingerprint density at radius 1 is 1.45 bits per heavy atom. The van der Waals surface area contributed by atoms with E-state index in [0.29, 0.717) is 0 Å². The van der Waals surface area contributed by atoms with Gasteiger partial charge < -0.3 is 20.7 Å². The van der Waals surface area contributed by atoms with Crippen LogP contribution in [0.3, 0.4) is 0 Å². The van der Waals surface area contributed by atoms with Crippen LogP contribution in [-0.4, -0.2) is 48.5 Å². The van der Waals surface area contributed by atoms with Gasteiger partial charge in [-0.2, -0.15) is 14.4 Å². The third-order valence-electron chi connectivity index (χ3n) is 2.74. The number of hydrogen-bond acceptors (Lipinski definition) is 7. The zero-order chi connectivity index (χ0) is 14.9. The maximum Gasteiger partial charge on any atom is 0.312 e. The fourth-order valence-electron chi connectivity index (χ4n) is 1.79. The zero-order valence-electron chi connectivity index (χ0n) is 11.1. The van der Waals surface area contributed by atoms with E-state index in [1.165, 1.54) is 17.8 Å². The molecule has 2 rings (SSSR count). The SMILES string of the molecule is C[C@H](CO)O[C@H]([C@@H](C)O)n1cnc2c(N)nc(F)nc21. The molecule has 0 saturated heterocycles. The Kier molecular flexibility index (Phi) is 4.12. The molecule has 8 nitrogen and oxygen atoms in total. The highest BCUT2D eigenvalue weighted by molar-refractivity contribution is 5.81. The molecule has 0 aliphatic heterocycles. The molecule has 2 aromatic rings. The number of nitrogens with two attached hydrogens (primary N) is 1. The van der Waals surface area contributed by atoms with E-state index < -0.39 is 24.5 Å². The smallest absolute Gasteiger partial charge is 0.312 e. The predicted octanol–water partition coefficient (Wildman–Crippen LogP) is -0.176. The number of fused-ring (bicyclic) bond motifs is 1. The molecule has 2 aromatic heterocycles. The lowest BCUT2D eigenvalue weighted by atomic mass is 10.3. The van der Waals surface area contributed by atoms with Crippen molar-refractivity contribution >= 4 is 17.0 Å². The van der Waals surface area contributed by atoms with Gasteiger partial charge in [0.05, 0.1) is 25.1 Å². The standard InChI is InChI=1S/C11H16FN5O3/c1-5(3-18)20-10(6(2)19)17-4-14-7-8(13)15-11(12)16-9(7)17/h4-6,10,18-19H,3H2,1-2H3,(H2,13,15,16)/t5-,6-,10-/m1/s1. The highest BCUT2D eigenvalue weighted by Gasteiger charge is 2.24. The van der Waals surface area contributed by atoms with Crippen LogP contribution in [0.15, 0.2) is 6.33 Å². The number of rotatable bonds is 5.